The zero-order chi connectivity index (χ0) is 14.2. The molecule has 1 aliphatic heterocycles. The lowest BCUT2D eigenvalue weighted by atomic mass is 10.3. The Morgan fingerprint density at radius 2 is 2.05 bits per heavy atom. The average Bonchev–Trinajstić information content (AvgIpc) is 2.48. The molecule has 0 saturated carbocycles. The van der Waals surface area contributed by atoms with Crippen molar-refractivity contribution in [3.8, 4) is 0 Å². The molecular weight excluding hydrogens is 254 g/mol. The molecule has 108 valence electrons. The summed E-state index contributed by atoms with van der Waals surface area (Å²) in [7, 11) is 2.12. The Hall–Kier alpha value is -1.79. The van der Waals surface area contributed by atoms with E-state index < -0.39 is 0 Å². The largest absolute Gasteiger partial charge is 0.304 e. The van der Waals surface area contributed by atoms with Crippen molar-refractivity contribution in [1.82, 2.24) is 20.2 Å². The third-order valence-electron chi connectivity index (χ3n) is 3.36. The van der Waals surface area contributed by atoms with Crippen molar-refractivity contribution in [2.24, 2.45) is 5.10 Å². The standard InChI is InChI=1S/C14H21N5O/c1-18-8-10-19(11-9-18)7-4-14(20)17-16-12-13-2-5-15-6-3-13/h2-3,5-6,12H,4,7-11H2,1H3,(H,17,20)/b16-12-. The van der Waals surface area contributed by atoms with Gasteiger partial charge < -0.3 is 9.80 Å². The van der Waals surface area contributed by atoms with Crippen LogP contribution in [0.15, 0.2) is 29.6 Å². The van der Waals surface area contributed by atoms with E-state index in [1.807, 2.05) is 12.1 Å². The molecule has 2 heterocycles. The smallest absolute Gasteiger partial charge is 0.241 e. The van der Waals surface area contributed by atoms with Gasteiger partial charge in [-0.1, -0.05) is 0 Å². The molecular formula is C14H21N5O. The molecule has 1 aliphatic rings. The first-order valence-electron chi connectivity index (χ1n) is 6.87. The van der Waals surface area contributed by atoms with Crippen LogP contribution in [0, 0.1) is 0 Å². The number of pyridine rings is 1. The minimum atomic E-state index is -0.0470. The molecule has 6 heteroatoms. The summed E-state index contributed by atoms with van der Waals surface area (Å²) in [4.78, 5) is 20.2. The number of piperazine rings is 1. The van der Waals surface area contributed by atoms with Crippen LogP contribution in [0.25, 0.3) is 0 Å². The van der Waals surface area contributed by atoms with Gasteiger partial charge in [0.15, 0.2) is 0 Å². The second-order valence-electron chi connectivity index (χ2n) is 4.97. The van der Waals surface area contributed by atoms with E-state index >= 15 is 0 Å². The first-order chi connectivity index (χ1) is 9.74. The van der Waals surface area contributed by atoms with Crippen LogP contribution in [0.1, 0.15) is 12.0 Å². The molecule has 1 fully saturated rings. The van der Waals surface area contributed by atoms with E-state index in [1.165, 1.54) is 0 Å². The van der Waals surface area contributed by atoms with Gasteiger partial charge in [0.1, 0.15) is 0 Å². The van der Waals surface area contributed by atoms with Crippen molar-refractivity contribution < 1.29 is 4.79 Å². The highest BCUT2D eigenvalue weighted by Gasteiger charge is 2.14. The Kier molecular flexibility index (Phi) is 5.64. The van der Waals surface area contributed by atoms with E-state index in [2.05, 4.69) is 32.4 Å². The molecule has 0 aromatic carbocycles. The first kappa shape index (κ1) is 14.6. The van der Waals surface area contributed by atoms with Crippen LogP contribution < -0.4 is 5.43 Å². The Bertz CT molecular complexity index is 440. The van der Waals surface area contributed by atoms with Gasteiger partial charge in [-0.3, -0.25) is 9.78 Å². The molecule has 1 aromatic rings. The van der Waals surface area contributed by atoms with Crippen LogP contribution in [0.2, 0.25) is 0 Å². The van der Waals surface area contributed by atoms with Crippen LogP contribution in [0.5, 0.6) is 0 Å². The van der Waals surface area contributed by atoms with Crippen LogP contribution >= 0.6 is 0 Å². The van der Waals surface area contributed by atoms with E-state index in [9.17, 15) is 4.79 Å². The highest BCUT2D eigenvalue weighted by Crippen LogP contribution is 1.99. The first-order valence-corrected chi connectivity index (χ1v) is 6.87. The molecule has 0 unspecified atom stereocenters. The molecule has 20 heavy (non-hydrogen) atoms. The summed E-state index contributed by atoms with van der Waals surface area (Å²) in [6.07, 6.45) is 5.49. The summed E-state index contributed by atoms with van der Waals surface area (Å²) in [6, 6.07) is 3.67. The second-order valence-corrected chi connectivity index (χ2v) is 4.97. The van der Waals surface area contributed by atoms with Crippen LogP contribution in [-0.4, -0.2) is 66.7 Å². The molecule has 0 bridgehead atoms. The molecule has 1 saturated heterocycles. The number of nitrogens with one attached hydrogen (secondary N) is 1. The number of carbonyl (C=O) groups excluding carboxylic acids is 1. The van der Waals surface area contributed by atoms with E-state index in [-0.39, 0.29) is 5.91 Å². The number of carbonyl (C=O) groups is 1. The lowest BCUT2D eigenvalue weighted by Crippen LogP contribution is -2.45. The van der Waals surface area contributed by atoms with Crippen molar-refractivity contribution in [2.75, 3.05) is 39.8 Å². The Morgan fingerprint density at radius 3 is 2.75 bits per heavy atom. The zero-order valence-corrected chi connectivity index (χ0v) is 11.8. The van der Waals surface area contributed by atoms with Gasteiger partial charge in [-0.15, -0.1) is 0 Å². The summed E-state index contributed by atoms with van der Waals surface area (Å²) in [6.45, 7) is 5.00. The number of rotatable bonds is 5. The third-order valence-corrected chi connectivity index (χ3v) is 3.36. The molecule has 2 rings (SSSR count). The zero-order valence-electron chi connectivity index (χ0n) is 11.8. The van der Waals surface area contributed by atoms with Crippen molar-refractivity contribution in [3.63, 3.8) is 0 Å². The number of nitrogens with zero attached hydrogens (tertiary/aromatic N) is 4. The Labute approximate surface area is 119 Å². The van der Waals surface area contributed by atoms with Gasteiger partial charge in [-0.2, -0.15) is 5.10 Å². The van der Waals surface area contributed by atoms with Crippen molar-refractivity contribution in [3.05, 3.63) is 30.1 Å². The summed E-state index contributed by atoms with van der Waals surface area (Å²) in [5.74, 6) is -0.0470. The highest BCUT2D eigenvalue weighted by atomic mass is 16.2. The quantitative estimate of drug-likeness (QED) is 0.615. The van der Waals surface area contributed by atoms with Crippen LogP contribution in [-0.2, 0) is 4.79 Å². The number of hydrogen-bond acceptors (Lipinski definition) is 5. The van der Waals surface area contributed by atoms with Gasteiger partial charge >= 0.3 is 0 Å². The molecule has 0 spiro atoms. The fourth-order valence-corrected chi connectivity index (χ4v) is 2.02. The lowest BCUT2D eigenvalue weighted by Gasteiger charge is -2.32. The number of hydrogen-bond donors (Lipinski definition) is 1. The number of amides is 1. The summed E-state index contributed by atoms with van der Waals surface area (Å²) >= 11 is 0. The van der Waals surface area contributed by atoms with Crippen molar-refractivity contribution in [1.29, 1.82) is 0 Å². The van der Waals surface area contributed by atoms with Gasteiger partial charge in [-0.25, -0.2) is 5.43 Å². The van der Waals surface area contributed by atoms with E-state index in [4.69, 9.17) is 0 Å². The fraction of sp³-hybridized carbons (Fsp3) is 0.500. The van der Waals surface area contributed by atoms with Gasteiger partial charge in [-0.05, 0) is 24.7 Å². The maximum absolute atomic E-state index is 11.7. The van der Waals surface area contributed by atoms with Gasteiger partial charge in [0.2, 0.25) is 5.91 Å². The lowest BCUT2D eigenvalue weighted by molar-refractivity contribution is -0.121. The molecule has 6 nitrogen and oxygen atoms in total. The molecule has 0 radical (unpaired) electrons. The van der Waals surface area contributed by atoms with Gasteiger partial charge in [0.25, 0.3) is 0 Å². The van der Waals surface area contributed by atoms with Gasteiger partial charge in [0, 0.05) is 51.5 Å². The number of likely N-dealkylation sites (N-methyl/N-ethyl adjacent to an activating group) is 1. The van der Waals surface area contributed by atoms with Crippen LogP contribution in [0.4, 0.5) is 0 Å². The Morgan fingerprint density at radius 1 is 1.35 bits per heavy atom. The number of hydrazone groups is 1. The predicted molar refractivity (Wildman–Crippen MR) is 78.5 cm³/mol. The topological polar surface area (TPSA) is 60.8 Å². The van der Waals surface area contributed by atoms with E-state index in [1.54, 1.807) is 18.6 Å². The van der Waals surface area contributed by atoms with Crippen LogP contribution in [0.3, 0.4) is 0 Å². The minimum Gasteiger partial charge on any atom is -0.304 e. The average molecular weight is 275 g/mol. The van der Waals surface area contributed by atoms with Crippen molar-refractivity contribution in [2.45, 2.75) is 6.42 Å². The van der Waals surface area contributed by atoms with Crippen molar-refractivity contribution >= 4 is 12.1 Å². The molecule has 1 amide bonds. The van der Waals surface area contributed by atoms with Gasteiger partial charge in [0.05, 0.1) is 6.21 Å². The maximum Gasteiger partial charge on any atom is 0.241 e. The SMILES string of the molecule is CN1CCN(CCC(=O)N/N=C\c2ccncc2)CC1. The van der Waals surface area contributed by atoms with E-state index in [0.29, 0.717) is 6.42 Å². The Balaban J connectivity index is 1.64. The minimum absolute atomic E-state index is 0.0470. The summed E-state index contributed by atoms with van der Waals surface area (Å²) in [5, 5.41) is 3.94. The molecule has 0 atom stereocenters. The molecule has 0 aliphatic carbocycles. The fourth-order valence-electron chi connectivity index (χ4n) is 2.02. The second kappa shape index (κ2) is 7.72. The number of aromatic nitrogens is 1. The molecule has 1 aromatic heterocycles. The monoisotopic (exact) mass is 275 g/mol. The summed E-state index contributed by atoms with van der Waals surface area (Å²) in [5.41, 5.74) is 3.47. The normalized spacial score (nSPS) is 17.4. The summed E-state index contributed by atoms with van der Waals surface area (Å²) < 4.78 is 0. The maximum atomic E-state index is 11.7. The highest BCUT2D eigenvalue weighted by molar-refractivity contribution is 5.82. The van der Waals surface area contributed by atoms with E-state index in [0.717, 1.165) is 38.3 Å². The molecule has 1 N–H and O–H groups in total. The predicted octanol–water partition coefficient (Wildman–Crippen LogP) is 0.169. The third kappa shape index (κ3) is 5.07.